The van der Waals surface area contributed by atoms with Crippen molar-refractivity contribution in [1.29, 1.82) is 0 Å². The van der Waals surface area contributed by atoms with Crippen LogP contribution in [0, 0.1) is 0 Å². The third-order valence-electron chi connectivity index (χ3n) is 5.03. The van der Waals surface area contributed by atoms with E-state index < -0.39 is 18.0 Å². The van der Waals surface area contributed by atoms with Crippen molar-refractivity contribution in [2.45, 2.75) is 25.1 Å². The highest BCUT2D eigenvalue weighted by atomic mass is 19.4. The second-order valence-corrected chi connectivity index (χ2v) is 7.26. The minimum Gasteiger partial charge on any atom is -0.345 e. The van der Waals surface area contributed by atoms with E-state index in [4.69, 9.17) is 0 Å². The number of carbonyl (C=O) groups excluding carboxylic acids is 1. The van der Waals surface area contributed by atoms with Gasteiger partial charge in [-0.15, -0.1) is 0 Å². The molecule has 4 aromatic rings. The zero-order valence-electron chi connectivity index (χ0n) is 16.5. The Hall–Kier alpha value is -3.61. The van der Waals surface area contributed by atoms with Gasteiger partial charge in [-0.2, -0.15) is 13.2 Å². The van der Waals surface area contributed by atoms with Crippen LogP contribution in [0.1, 0.15) is 35.0 Å². The molecule has 0 spiro atoms. The summed E-state index contributed by atoms with van der Waals surface area (Å²) >= 11 is 0. The number of aryl methyl sites for hydroxylation is 1. The van der Waals surface area contributed by atoms with Gasteiger partial charge in [-0.25, -0.2) is 4.98 Å². The Bertz CT molecular complexity index is 1170. The third kappa shape index (κ3) is 4.94. The van der Waals surface area contributed by atoms with Crippen molar-refractivity contribution in [1.82, 2.24) is 15.3 Å². The number of amides is 1. The van der Waals surface area contributed by atoms with Crippen LogP contribution in [0.25, 0.3) is 11.0 Å². The summed E-state index contributed by atoms with van der Waals surface area (Å²) in [5.41, 5.74) is 3.06. The van der Waals surface area contributed by atoms with Crippen molar-refractivity contribution in [3.05, 3.63) is 101 Å². The number of nitrogens with zero attached hydrogens (tertiary/aromatic N) is 1. The van der Waals surface area contributed by atoms with E-state index in [1.165, 1.54) is 6.07 Å². The highest BCUT2D eigenvalue weighted by molar-refractivity contribution is 5.79. The van der Waals surface area contributed by atoms with E-state index in [0.29, 0.717) is 18.4 Å². The molecule has 0 bridgehead atoms. The summed E-state index contributed by atoms with van der Waals surface area (Å²) in [6.07, 6.45) is -3.65. The number of alkyl halides is 3. The molecule has 0 fully saturated rings. The molecule has 0 saturated heterocycles. The maximum atomic E-state index is 13.0. The highest BCUT2D eigenvalue weighted by Gasteiger charge is 2.34. The van der Waals surface area contributed by atoms with Gasteiger partial charge in [0.1, 0.15) is 0 Å². The number of nitrogens with one attached hydrogen (secondary N) is 2. The highest BCUT2D eigenvalue weighted by Crippen LogP contribution is 2.30. The summed E-state index contributed by atoms with van der Waals surface area (Å²) in [5.74, 6) is -1.18. The summed E-state index contributed by atoms with van der Waals surface area (Å²) in [6, 6.07) is 23.4. The van der Waals surface area contributed by atoms with Gasteiger partial charge in [0.15, 0.2) is 0 Å². The van der Waals surface area contributed by atoms with Crippen LogP contribution < -0.4 is 5.32 Å². The number of halogens is 3. The number of hydrogen-bond donors (Lipinski definition) is 2. The van der Waals surface area contributed by atoms with Crippen molar-refractivity contribution in [3.63, 3.8) is 0 Å². The molecule has 0 radical (unpaired) electrons. The number of aromatic nitrogens is 2. The number of imidazole rings is 1. The average molecular weight is 423 g/mol. The first kappa shape index (κ1) is 20.7. The molecule has 2 N–H and O–H groups in total. The quantitative estimate of drug-likeness (QED) is 0.435. The molecule has 1 atom stereocenters. The maximum Gasteiger partial charge on any atom is 0.449 e. The smallest absolute Gasteiger partial charge is 0.345 e. The van der Waals surface area contributed by atoms with E-state index in [-0.39, 0.29) is 16.9 Å². The van der Waals surface area contributed by atoms with Crippen molar-refractivity contribution in [3.8, 4) is 0 Å². The minimum atomic E-state index is -4.55. The molecular formula is C24H20F3N3O. The second-order valence-electron chi connectivity index (χ2n) is 7.26. The van der Waals surface area contributed by atoms with Gasteiger partial charge >= 0.3 is 6.18 Å². The van der Waals surface area contributed by atoms with Crippen molar-refractivity contribution >= 4 is 16.9 Å². The lowest BCUT2D eigenvalue weighted by molar-refractivity contribution is -0.144. The van der Waals surface area contributed by atoms with Gasteiger partial charge in [-0.1, -0.05) is 66.7 Å². The first-order chi connectivity index (χ1) is 14.9. The van der Waals surface area contributed by atoms with Gasteiger partial charge in [-0.3, -0.25) is 4.79 Å². The fraction of sp³-hybridized carbons (Fsp3) is 0.167. The molecule has 1 amide bonds. The Morgan fingerprint density at radius 1 is 0.935 bits per heavy atom. The topological polar surface area (TPSA) is 57.8 Å². The summed E-state index contributed by atoms with van der Waals surface area (Å²) in [4.78, 5) is 18.6. The Balaban J connectivity index is 1.60. The van der Waals surface area contributed by atoms with Crippen LogP contribution >= 0.6 is 0 Å². The molecule has 0 saturated carbocycles. The average Bonchev–Trinajstić information content (AvgIpc) is 3.21. The summed E-state index contributed by atoms with van der Waals surface area (Å²) in [7, 11) is 0. The van der Waals surface area contributed by atoms with Crippen molar-refractivity contribution < 1.29 is 18.0 Å². The molecule has 3 aromatic carbocycles. The molecule has 1 unspecified atom stereocenters. The first-order valence-corrected chi connectivity index (χ1v) is 9.85. The maximum absolute atomic E-state index is 13.0. The lowest BCUT2D eigenvalue weighted by Crippen LogP contribution is -2.29. The number of fused-ring (bicyclic) bond motifs is 1. The number of hydrogen-bond acceptors (Lipinski definition) is 2. The molecular weight excluding hydrogens is 403 g/mol. The Labute approximate surface area is 177 Å². The van der Waals surface area contributed by atoms with Gasteiger partial charge in [0, 0.05) is 6.42 Å². The van der Waals surface area contributed by atoms with Gasteiger partial charge < -0.3 is 10.3 Å². The van der Waals surface area contributed by atoms with E-state index in [9.17, 15) is 18.0 Å². The Morgan fingerprint density at radius 3 is 2.29 bits per heavy atom. The normalized spacial score (nSPS) is 12.6. The molecule has 31 heavy (non-hydrogen) atoms. The fourth-order valence-corrected chi connectivity index (χ4v) is 3.48. The van der Waals surface area contributed by atoms with Crippen molar-refractivity contribution in [2.24, 2.45) is 0 Å². The molecule has 7 heteroatoms. The SMILES string of the molecule is O=C(CCc1ccccc1)NC(c1ccccc1)c1ccc2nc(C(F)(F)F)[nH]c2c1. The molecule has 0 aliphatic carbocycles. The first-order valence-electron chi connectivity index (χ1n) is 9.85. The molecule has 1 heterocycles. The van der Waals surface area contributed by atoms with Crippen LogP contribution in [0.3, 0.4) is 0 Å². The zero-order valence-corrected chi connectivity index (χ0v) is 16.5. The van der Waals surface area contributed by atoms with E-state index in [1.54, 1.807) is 12.1 Å². The fourth-order valence-electron chi connectivity index (χ4n) is 3.48. The van der Waals surface area contributed by atoms with Crippen LogP contribution in [0.5, 0.6) is 0 Å². The standard InChI is InChI=1S/C24H20F3N3O/c25-24(26,27)23-28-19-13-12-18(15-20(19)29-23)22(17-9-5-2-6-10-17)30-21(31)14-11-16-7-3-1-4-8-16/h1-10,12-13,15,22H,11,14H2,(H,28,29)(H,30,31). The minimum absolute atomic E-state index is 0.140. The predicted molar refractivity (Wildman–Crippen MR) is 112 cm³/mol. The van der Waals surface area contributed by atoms with Gasteiger partial charge in [0.2, 0.25) is 11.7 Å². The number of aromatic amines is 1. The van der Waals surface area contributed by atoms with Gasteiger partial charge in [0.25, 0.3) is 0 Å². The van der Waals surface area contributed by atoms with E-state index in [2.05, 4.69) is 15.3 Å². The lowest BCUT2D eigenvalue weighted by Gasteiger charge is -2.20. The Kier molecular flexibility index (Phi) is 5.75. The largest absolute Gasteiger partial charge is 0.449 e. The summed E-state index contributed by atoms with van der Waals surface area (Å²) in [5, 5.41) is 3.03. The molecule has 158 valence electrons. The summed E-state index contributed by atoms with van der Waals surface area (Å²) in [6.45, 7) is 0. The predicted octanol–water partition coefficient (Wildman–Crippen LogP) is 5.42. The van der Waals surface area contributed by atoms with Crippen LogP contribution in [0.2, 0.25) is 0 Å². The van der Waals surface area contributed by atoms with E-state index >= 15 is 0 Å². The number of H-pyrrole nitrogens is 1. The van der Waals surface area contributed by atoms with Gasteiger partial charge in [0.05, 0.1) is 17.1 Å². The molecule has 1 aromatic heterocycles. The Morgan fingerprint density at radius 2 is 1.61 bits per heavy atom. The zero-order chi connectivity index (χ0) is 21.8. The van der Waals surface area contributed by atoms with Crippen molar-refractivity contribution in [2.75, 3.05) is 0 Å². The number of carbonyl (C=O) groups is 1. The van der Waals surface area contributed by atoms with Gasteiger partial charge in [-0.05, 0) is 35.2 Å². The monoisotopic (exact) mass is 423 g/mol. The van der Waals surface area contributed by atoms with Crippen LogP contribution in [-0.2, 0) is 17.4 Å². The number of benzene rings is 3. The van der Waals surface area contributed by atoms with Crippen LogP contribution in [-0.4, -0.2) is 15.9 Å². The molecule has 4 rings (SSSR count). The summed E-state index contributed by atoms with van der Waals surface area (Å²) < 4.78 is 39.0. The number of rotatable bonds is 6. The van der Waals surface area contributed by atoms with Crippen LogP contribution in [0.4, 0.5) is 13.2 Å². The third-order valence-corrected chi connectivity index (χ3v) is 5.03. The van der Waals surface area contributed by atoms with Crippen LogP contribution in [0.15, 0.2) is 78.9 Å². The molecule has 4 nitrogen and oxygen atoms in total. The molecule has 0 aliphatic rings. The van der Waals surface area contributed by atoms with E-state index in [1.807, 2.05) is 60.7 Å². The van der Waals surface area contributed by atoms with E-state index in [0.717, 1.165) is 11.1 Å². The second kappa shape index (κ2) is 8.63. The lowest BCUT2D eigenvalue weighted by atomic mass is 9.98. The molecule has 0 aliphatic heterocycles.